The first kappa shape index (κ1) is 20.6. The van der Waals surface area contributed by atoms with Gasteiger partial charge in [0.05, 0.1) is 0 Å². The Kier molecular flexibility index (Phi) is 12.0. The Labute approximate surface area is 130 Å². The Morgan fingerprint density at radius 1 is 1.14 bits per heavy atom. The van der Waals surface area contributed by atoms with Crippen LogP contribution in [0.25, 0.3) is 0 Å². The van der Waals surface area contributed by atoms with Crippen molar-refractivity contribution in [1.82, 2.24) is 0 Å². The summed E-state index contributed by atoms with van der Waals surface area (Å²) in [4.78, 5) is 11.4. The van der Waals surface area contributed by atoms with Crippen molar-refractivity contribution in [3.63, 3.8) is 0 Å². The fourth-order valence-corrected chi connectivity index (χ4v) is 2.68. The first-order valence-corrected chi connectivity index (χ1v) is 8.74. The lowest BCUT2D eigenvalue weighted by atomic mass is 10.2. The van der Waals surface area contributed by atoms with E-state index in [0.717, 1.165) is 31.4 Å². The number of hydrogen-bond acceptors (Lipinski definition) is 3. The molecule has 0 bridgehead atoms. The number of carbonyl (C=O) groups excluding carboxylic acids is 1. The van der Waals surface area contributed by atoms with Crippen LogP contribution >= 0.6 is 11.8 Å². The summed E-state index contributed by atoms with van der Waals surface area (Å²) in [5, 5.41) is 0.197. The molecule has 1 atom stereocenters. The second-order valence-corrected chi connectivity index (χ2v) is 6.79. The van der Waals surface area contributed by atoms with E-state index in [0.29, 0.717) is 19.4 Å². The molecule has 0 aromatic rings. The molecule has 0 aliphatic carbocycles. The van der Waals surface area contributed by atoms with E-state index in [-0.39, 0.29) is 17.6 Å². The van der Waals surface area contributed by atoms with Crippen LogP contribution in [-0.4, -0.2) is 29.8 Å². The van der Waals surface area contributed by atoms with Gasteiger partial charge in [-0.1, -0.05) is 26.2 Å². The van der Waals surface area contributed by atoms with Crippen molar-refractivity contribution in [1.29, 1.82) is 0 Å². The highest BCUT2D eigenvalue weighted by molar-refractivity contribution is 7.99. The average molecular weight is 328 g/mol. The summed E-state index contributed by atoms with van der Waals surface area (Å²) >= 11 is 1.65. The average Bonchev–Trinajstić information content (AvgIpc) is 2.39. The van der Waals surface area contributed by atoms with Crippen LogP contribution in [0, 0.1) is 0 Å². The summed E-state index contributed by atoms with van der Waals surface area (Å²) in [6.07, 6.45) is 0.301. The van der Waals surface area contributed by atoms with Gasteiger partial charge in [0.1, 0.15) is 6.61 Å². The minimum absolute atomic E-state index is 0.152. The topological polar surface area (TPSA) is 26.3 Å². The van der Waals surface area contributed by atoms with E-state index >= 15 is 0 Å². The molecular formula is C15H27F3O2S. The zero-order chi connectivity index (χ0) is 16.1. The van der Waals surface area contributed by atoms with E-state index in [4.69, 9.17) is 4.74 Å². The van der Waals surface area contributed by atoms with E-state index in [9.17, 15) is 18.0 Å². The van der Waals surface area contributed by atoms with Gasteiger partial charge in [0, 0.05) is 18.1 Å². The molecule has 0 fully saturated rings. The molecule has 2 nitrogen and oxygen atoms in total. The molecular weight excluding hydrogens is 301 g/mol. The third-order valence-corrected chi connectivity index (χ3v) is 4.20. The highest BCUT2D eigenvalue weighted by Crippen LogP contribution is 2.23. The number of rotatable bonds is 12. The zero-order valence-corrected chi connectivity index (χ0v) is 13.8. The Balaban J connectivity index is 3.42. The number of thioether (sulfide) groups is 1. The molecule has 0 amide bonds. The Bertz CT molecular complexity index is 270. The predicted octanol–water partition coefficient (Wildman–Crippen LogP) is 5.35. The maximum absolute atomic E-state index is 11.9. The molecule has 0 rings (SSSR count). The van der Waals surface area contributed by atoms with Crippen molar-refractivity contribution in [2.45, 2.75) is 76.6 Å². The third kappa shape index (κ3) is 15.8. The van der Waals surface area contributed by atoms with Gasteiger partial charge >= 0.3 is 12.1 Å². The Hall–Kier alpha value is -0.390. The van der Waals surface area contributed by atoms with Crippen LogP contribution in [0.5, 0.6) is 0 Å². The van der Waals surface area contributed by atoms with Gasteiger partial charge in [-0.3, -0.25) is 4.79 Å². The summed E-state index contributed by atoms with van der Waals surface area (Å²) in [7, 11) is 0. The number of carbonyl (C=O) groups is 1. The standard InChI is InChI=1S/C15H27F3O2S/c1-3-4-6-9-14(19)20-12-13(2)21-11-8-5-7-10-15(16,17)18/h13H,3-12H2,1-2H3. The highest BCUT2D eigenvalue weighted by atomic mass is 32.2. The lowest BCUT2D eigenvalue weighted by Crippen LogP contribution is -2.13. The SMILES string of the molecule is CCCCCC(=O)OCC(C)SCCCCCC(F)(F)F. The molecule has 0 aromatic heterocycles. The minimum Gasteiger partial charge on any atom is -0.465 e. The molecule has 1 unspecified atom stereocenters. The number of esters is 1. The van der Waals surface area contributed by atoms with Crippen molar-refractivity contribution in [2.24, 2.45) is 0 Å². The van der Waals surface area contributed by atoms with Gasteiger partial charge in [0.25, 0.3) is 0 Å². The molecule has 0 saturated carbocycles. The Morgan fingerprint density at radius 2 is 1.86 bits per heavy atom. The maximum atomic E-state index is 11.9. The van der Waals surface area contributed by atoms with Crippen molar-refractivity contribution in [3.8, 4) is 0 Å². The van der Waals surface area contributed by atoms with E-state index in [1.807, 2.05) is 6.92 Å². The van der Waals surface area contributed by atoms with Crippen LogP contribution in [0.3, 0.4) is 0 Å². The molecule has 0 saturated heterocycles. The van der Waals surface area contributed by atoms with Gasteiger partial charge in [-0.25, -0.2) is 0 Å². The van der Waals surface area contributed by atoms with Gasteiger partial charge in [-0.2, -0.15) is 24.9 Å². The summed E-state index contributed by atoms with van der Waals surface area (Å²) < 4.78 is 40.9. The molecule has 0 spiro atoms. The summed E-state index contributed by atoms with van der Waals surface area (Å²) in [6.45, 7) is 4.44. The van der Waals surface area contributed by atoms with Gasteiger partial charge in [-0.15, -0.1) is 0 Å². The maximum Gasteiger partial charge on any atom is 0.389 e. The monoisotopic (exact) mass is 328 g/mol. The highest BCUT2D eigenvalue weighted by Gasteiger charge is 2.25. The largest absolute Gasteiger partial charge is 0.465 e. The van der Waals surface area contributed by atoms with E-state index < -0.39 is 12.6 Å². The van der Waals surface area contributed by atoms with Crippen LogP contribution < -0.4 is 0 Å². The fourth-order valence-electron chi connectivity index (χ4n) is 1.74. The molecule has 0 aliphatic rings. The summed E-state index contributed by atoms with van der Waals surface area (Å²) in [6, 6.07) is 0. The lowest BCUT2D eigenvalue weighted by molar-refractivity contribution is -0.143. The molecule has 21 heavy (non-hydrogen) atoms. The van der Waals surface area contributed by atoms with Crippen molar-refractivity contribution in [2.75, 3.05) is 12.4 Å². The minimum atomic E-state index is -4.04. The second-order valence-electron chi connectivity index (χ2n) is 5.25. The van der Waals surface area contributed by atoms with Crippen molar-refractivity contribution >= 4 is 17.7 Å². The van der Waals surface area contributed by atoms with E-state index in [2.05, 4.69) is 6.92 Å². The van der Waals surface area contributed by atoms with Gasteiger partial charge < -0.3 is 4.74 Å². The van der Waals surface area contributed by atoms with Crippen LogP contribution in [-0.2, 0) is 9.53 Å². The number of alkyl halides is 3. The van der Waals surface area contributed by atoms with Crippen LogP contribution in [0.2, 0.25) is 0 Å². The molecule has 0 aromatic carbocycles. The number of halogens is 3. The summed E-state index contributed by atoms with van der Waals surface area (Å²) in [5.41, 5.74) is 0. The third-order valence-electron chi connectivity index (χ3n) is 2.97. The molecule has 0 heterocycles. The molecule has 0 radical (unpaired) electrons. The first-order valence-electron chi connectivity index (χ1n) is 7.69. The second kappa shape index (κ2) is 12.2. The number of unbranched alkanes of at least 4 members (excludes halogenated alkanes) is 4. The predicted molar refractivity (Wildman–Crippen MR) is 81.5 cm³/mol. The van der Waals surface area contributed by atoms with Gasteiger partial charge in [0.15, 0.2) is 0 Å². The van der Waals surface area contributed by atoms with Crippen molar-refractivity contribution < 1.29 is 22.7 Å². The Morgan fingerprint density at radius 3 is 2.48 bits per heavy atom. The first-order chi connectivity index (χ1) is 9.85. The van der Waals surface area contributed by atoms with E-state index in [1.165, 1.54) is 0 Å². The molecule has 0 N–H and O–H groups in total. The van der Waals surface area contributed by atoms with E-state index in [1.54, 1.807) is 11.8 Å². The molecule has 0 aliphatic heterocycles. The zero-order valence-electron chi connectivity index (χ0n) is 13.0. The van der Waals surface area contributed by atoms with Crippen LogP contribution in [0.4, 0.5) is 13.2 Å². The van der Waals surface area contributed by atoms with Crippen molar-refractivity contribution in [3.05, 3.63) is 0 Å². The normalized spacial score (nSPS) is 13.2. The summed E-state index contributed by atoms with van der Waals surface area (Å²) in [5.74, 6) is 0.660. The molecule has 6 heteroatoms. The number of ether oxygens (including phenoxy) is 1. The fraction of sp³-hybridized carbons (Fsp3) is 0.933. The quantitative estimate of drug-likeness (QED) is 0.356. The smallest absolute Gasteiger partial charge is 0.389 e. The lowest BCUT2D eigenvalue weighted by Gasteiger charge is -2.12. The van der Waals surface area contributed by atoms with Crippen LogP contribution in [0.15, 0.2) is 0 Å². The van der Waals surface area contributed by atoms with Gasteiger partial charge in [-0.05, 0) is 31.9 Å². The number of hydrogen-bond donors (Lipinski definition) is 0. The van der Waals surface area contributed by atoms with Gasteiger partial charge in [0.2, 0.25) is 0 Å². The molecule has 126 valence electrons. The van der Waals surface area contributed by atoms with Crippen LogP contribution in [0.1, 0.15) is 65.2 Å².